The van der Waals surface area contributed by atoms with E-state index in [1.54, 1.807) is 16.4 Å². The van der Waals surface area contributed by atoms with Gasteiger partial charge in [-0.3, -0.25) is 9.48 Å². The third-order valence-corrected chi connectivity index (χ3v) is 9.06. The molecular formula is C15H20ClN2O3PS2. The van der Waals surface area contributed by atoms with Crippen LogP contribution < -0.4 is 5.56 Å². The fourth-order valence-corrected chi connectivity index (χ4v) is 7.04. The van der Waals surface area contributed by atoms with Crippen LogP contribution in [0.4, 0.5) is 0 Å². The minimum absolute atomic E-state index is 0.198. The van der Waals surface area contributed by atoms with Crippen LogP contribution in [0.2, 0.25) is 5.02 Å². The molecule has 0 fully saturated rings. The summed E-state index contributed by atoms with van der Waals surface area (Å²) in [5, 5.41) is 0.198. The summed E-state index contributed by atoms with van der Waals surface area (Å²) in [5.74, 6) is 0.446. The van der Waals surface area contributed by atoms with Crippen LogP contribution in [0.15, 0.2) is 35.1 Å². The highest BCUT2D eigenvalue weighted by Crippen LogP contribution is 2.62. The summed E-state index contributed by atoms with van der Waals surface area (Å²) in [6.45, 7) is 4.74. The van der Waals surface area contributed by atoms with Gasteiger partial charge in [-0.05, 0) is 37.8 Å². The van der Waals surface area contributed by atoms with Crippen molar-refractivity contribution in [1.29, 1.82) is 0 Å². The van der Waals surface area contributed by atoms with Crippen LogP contribution >= 0.6 is 28.7 Å². The van der Waals surface area contributed by atoms with Gasteiger partial charge in [0.2, 0.25) is 5.69 Å². The first-order valence-electron chi connectivity index (χ1n) is 7.49. The number of hydrogen-bond acceptors (Lipinski definition) is 5. The van der Waals surface area contributed by atoms with Crippen molar-refractivity contribution in [2.45, 2.75) is 19.6 Å². The lowest BCUT2D eigenvalue weighted by molar-refractivity contribution is 0.280. The molecule has 2 rings (SSSR count). The van der Waals surface area contributed by atoms with E-state index in [4.69, 9.17) is 32.5 Å². The molecule has 1 aromatic carbocycles. The second-order valence-corrected chi connectivity index (χ2v) is 11.5. The van der Waals surface area contributed by atoms with Gasteiger partial charge in [0.15, 0.2) is 0 Å². The zero-order valence-electron chi connectivity index (χ0n) is 13.8. The van der Waals surface area contributed by atoms with Gasteiger partial charge in [0.25, 0.3) is 5.56 Å². The normalized spacial score (nSPS) is 11.8. The molecule has 0 aliphatic rings. The van der Waals surface area contributed by atoms with Crippen LogP contribution in [0, 0.1) is 0 Å². The molecule has 132 valence electrons. The quantitative estimate of drug-likeness (QED) is 0.609. The Morgan fingerprint density at radius 2 is 1.79 bits per heavy atom. The van der Waals surface area contributed by atoms with E-state index in [-0.39, 0.29) is 10.6 Å². The molecule has 1 aromatic heterocycles. The smallest absolute Gasteiger partial charge is 0.290 e. The molecule has 2 aromatic rings. The summed E-state index contributed by atoms with van der Waals surface area (Å²) in [6, 6.07) is 9.37. The molecule has 0 bridgehead atoms. The van der Waals surface area contributed by atoms with Gasteiger partial charge in [0, 0.05) is 12.8 Å². The first-order valence-corrected chi connectivity index (χ1v) is 12.1. The van der Waals surface area contributed by atoms with Gasteiger partial charge in [0.05, 0.1) is 24.6 Å². The number of benzene rings is 1. The molecule has 0 aliphatic heterocycles. The van der Waals surface area contributed by atoms with Gasteiger partial charge >= 0.3 is 0 Å². The van der Waals surface area contributed by atoms with E-state index in [1.807, 2.05) is 44.2 Å². The van der Waals surface area contributed by atoms with Crippen LogP contribution in [0.5, 0.6) is 0 Å². The zero-order valence-corrected chi connectivity index (χ0v) is 17.1. The van der Waals surface area contributed by atoms with Crippen LogP contribution in [-0.2, 0) is 33.7 Å². The Labute approximate surface area is 155 Å². The minimum Gasteiger partial charge on any atom is -0.322 e. The van der Waals surface area contributed by atoms with E-state index < -0.39 is 5.69 Å². The third kappa shape index (κ3) is 4.34. The Morgan fingerprint density at radius 1 is 1.21 bits per heavy atom. The maximum Gasteiger partial charge on any atom is 0.290 e. The van der Waals surface area contributed by atoms with Crippen molar-refractivity contribution < 1.29 is 9.05 Å². The minimum atomic E-state index is -2.44. The van der Waals surface area contributed by atoms with Crippen LogP contribution in [0.25, 0.3) is 5.69 Å². The number of nitrogens with zero attached hydrogens (tertiary/aromatic N) is 2. The molecule has 0 spiro atoms. The Balaban J connectivity index is 2.33. The van der Waals surface area contributed by atoms with E-state index in [1.165, 1.54) is 11.4 Å². The predicted octanol–water partition coefficient (Wildman–Crippen LogP) is 4.36. The molecular weight excluding hydrogens is 387 g/mol. The van der Waals surface area contributed by atoms with Gasteiger partial charge in [-0.15, -0.1) is 0 Å². The lowest BCUT2D eigenvalue weighted by Gasteiger charge is -2.20. The summed E-state index contributed by atoms with van der Waals surface area (Å²) < 4.78 is 14.5. The molecule has 24 heavy (non-hydrogen) atoms. The Morgan fingerprint density at radius 3 is 2.33 bits per heavy atom. The van der Waals surface area contributed by atoms with Gasteiger partial charge < -0.3 is 9.05 Å². The van der Waals surface area contributed by atoms with Crippen molar-refractivity contribution in [3.63, 3.8) is 0 Å². The monoisotopic (exact) mass is 406 g/mol. The molecule has 9 heteroatoms. The lowest BCUT2D eigenvalue weighted by atomic mass is 10.3. The summed E-state index contributed by atoms with van der Waals surface area (Å²) in [5.41, 5.74) is -1.22. The number of aromatic nitrogens is 2. The zero-order chi connectivity index (χ0) is 17.7. The summed E-state index contributed by atoms with van der Waals surface area (Å²) >= 11 is 13.2. The van der Waals surface area contributed by atoms with Crippen molar-refractivity contribution in [2.75, 3.05) is 13.2 Å². The van der Waals surface area contributed by atoms with Gasteiger partial charge in [-0.1, -0.05) is 41.2 Å². The standard InChI is InChI=1S/C15H20ClN2O3PS2/c1-4-20-22(23,21-5-2)24-11-13-14(16)15(19)18(17(13)3)12-9-7-6-8-10-12/h6-10H,4-5,11H2,1-3H3. The Hall–Kier alpha value is -0.560. The van der Waals surface area contributed by atoms with Crippen molar-refractivity contribution in [3.05, 3.63) is 51.4 Å². The Kier molecular flexibility index (Phi) is 7.16. The highest BCUT2D eigenvalue weighted by atomic mass is 35.5. The molecule has 0 atom stereocenters. The summed E-state index contributed by atoms with van der Waals surface area (Å²) in [4.78, 5) is 12.5. The Bertz CT molecular complexity index is 782. The largest absolute Gasteiger partial charge is 0.322 e. The van der Waals surface area contributed by atoms with Crippen molar-refractivity contribution in [1.82, 2.24) is 9.36 Å². The van der Waals surface area contributed by atoms with E-state index in [2.05, 4.69) is 0 Å². The van der Waals surface area contributed by atoms with E-state index in [9.17, 15) is 4.79 Å². The fourth-order valence-electron chi connectivity index (χ4n) is 2.20. The lowest BCUT2D eigenvalue weighted by Crippen LogP contribution is -2.19. The molecule has 0 aliphatic carbocycles. The first-order chi connectivity index (χ1) is 11.4. The van der Waals surface area contributed by atoms with E-state index >= 15 is 0 Å². The maximum absolute atomic E-state index is 12.5. The number of rotatable bonds is 8. The first kappa shape index (κ1) is 19.8. The van der Waals surface area contributed by atoms with Crippen LogP contribution in [0.3, 0.4) is 0 Å². The summed E-state index contributed by atoms with van der Waals surface area (Å²) in [6.07, 6.45) is 0. The second kappa shape index (κ2) is 8.70. The van der Waals surface area contributed by atoms with Gasteiger partial charge in [-0.25, -0.2) is 4.68 Å². The van der Waals surface area contributed by atoms with Crippen LogP contribution in [-0.4, -0.2) is 22.6 Å². The van der Waals surface area contributed by atoms with Gasteiger partial charge in [-0.2, -0.15) is 0 Å². The van der Waals surface area contributed by atoms with E-state index in [0.29, 0.717) is 24.7 Å². The fraction of sp³-hybridized carbons (Fsp3) is 0.400. The molecule has 0 N–H and O–H groups in total. The summed E-state index contributed by atoms with van der Waals surface area (Å²) in [7, 11) is 1.81. The predicted molar refractivity (Wildman–Crippen MR) is 105 cm³/mol. The van der Waals surface area contributed by atoms with Crippen LogP contribution in [0.1, 0.15) is 19.5 Å². The number of hydrogen-bond donors (Lipinski definition) is 0. The topological polar surface area (TPSA) is 45.4 Å². The molecule has 1 heterocycles. The number of para-hydroxylation sites is 1. The maximum atomic E-state index is 12.5. The molecule has 0 amide bonds. The molecule has 5 nitrogen and oxygen atoms in total. The van der Waals surface area contributed by atoms with Crippen molar-refractivity contribution in [2.24, 2.45) is 7.05 Å². The SMILES string of the molecule is CCOP(=S)(OCC)SCc1c(Cl)c(=O)n(-c2ccccc2)n1C. The van der Waals surface area contributed by atoms with Crippen molar-refractivity contribution in [3.8, 4) is 5.69 Å². The van der Waals surface area contributed by atoms with E-state index in [0.717, 1.165) is 5.69 Å². The number of halogens is 1. The third-order valence-electron chi connectivity index (χ3n) is 3.26. The average molecular weight is 407 g/mol. The molecule has 0 unspecified atom stereocenters. The highest BCUT2D eigenvalue weighted by molar-refractivity contribution is 8.67. The molecule has 0 saturated carbocycles. The van der Waals surface area contributed by atoms with Gasteiger partial charge in [0.1, 0.15) is 5.02 Å². The van der Waals surface area contributed by atoms with Crippen molar-refractivity contribution >= 4 is 40.5 Å². The molecule has 0 saturated heterocycles. The second-order valence-electron chi connectivity index (χ2n) is 4.79. The molecule has 0 radical (unpaired) electrons. The average Bonchev–Trinajstić information content (AvgIpc) is 2.77. The highest BCUT2D eigenvalue weighted by Gasteiger charge is 2.23.